The van der Waals surface area contributed by atoms with Gasteiger partial charge in [-0.25, -0.2) is 0 Å². The molecule has 0 spiro atoms. The van der Waals surface area contributed by atoms with Crippen molar-refractivity contribution < 1.29 is 4.79 Å². The summed E-state index contributed by atoms with van der Waals surface area (Å²) >= 11 is 0. The number of aryl methyl sites for hydroxylation is 2. The van der Waals surface area contributed by atoms with Crippen LogP contribution in [0.25, 0.3) is 22.2 Å². The average molecular weight is 474 g/mol. The van der Waals surface area contributed by atoms with Crippen molar-refractivity contribution in [2.45, 2.75) is 97.9 Å². The van der Waals surface area contributed by atoms with Gasteiger partial charge >= 0.3 is 0 Å². The molecule has 2 aromatic heterocycles. The molecule has 1 fully saturated rings. The van der Waals surface area contributed by atoms with Gasteiger partial charge in [0.25, 0.3) is 0 Å². The van der Waals surface area contributed by atoms with Crippen molar-refractivity contribution in [3.63, 3.8) is 0 Å². The Hall–Kier alpha value is -2.62. The van der Waals surface area contributed by atoms with E-state index in [0.29, 0.717) is 12.0 Å². The fourth-order valence-electron chi connectivity index (χ4n) is 6.10. The number of amides is 1. The summed E-state index contributed by atoms with van der Waals surface area (Å²) < 4.78 is 2.54. The van der Waals surface area contributed by atoms with Gasteiger partial charge < -0.3 is 9.47 Å². The maximum atomic E-state index is 11.9. The lowest BCUT2D eigenvalue weighted by molar-refractivity contribution is -0.129. The normalized spacial score (nSPS) is 14.9. The number of aromatic nitrogens is 2. The van der Waals surface area contributed by atoms with E-state index in [9.17, 15) is 4.79 Å². The Balaban J connectivity index is 1.85. The number of piperidine rings is 1. The second-order valence-corrected chi connectivity index (χ2v) is 10.2. The van der Waals surface area contributed by atoms with E-state index in [-0.39, 0.29) is 5.91 Å². The lowest BCUT2D eigenvalue weighted by Crippen LogP contribution is -2.36. The number of rotatable bonds is 9. The van der Waals surface area contributed by atoms with Crippen LogP contribution in [0.15, 0.2) is 36.7 Å². The van der Waals surface area contributed by atoms with Gasteiger partial charge in [-0.05, 0) is 67.2 Å². The molecule has 0 atom stereocenters. The monoisotopic (exact) mass is 473 g/mol. The summed E-state index contributed by atoms with van der Waals surface area (Å²) in [4.78, 5) is 19.0. The molecule has 1 aromatic carbocycles. The van der Waals surface area contributed by atoms with E-state index in [1.165, 1.54) is 58.8 Å². The maximum absolute atomic E-state index is 11.9. The van der Waals surface area contributed by atoms with E-state index < -0.39 is 0 Å². The van der Waals surface area contributed by atoms with Crippen molar-refractivity contribution in [3.8, 4) is 11.3 Å². The van der Waals surface area contributed by atoms with Crippen molar-refractivity contribution in [3.05, 3.63) is 53.3 Å². The Morgan fingerprint density at radius 3 is 2.20 bits per heavy atom. The van der Waals surface area contributed by atoms with Crippen LogP contribution < -0.4 is 0 Å². The van der Waals surface area contributed by atoms with Gasteiger partial charge in [0, 0.05) is 43.2 Å². The highest BCUT2D eigenvalue weighted by molar-refractivity contribution is 5.88. The Morgan fingerprint density at radius 1 is 1.03 bits per heavy atom. The molecule has 188 valence electrons. The van der Waals surface area contributed by atoms with Crippen molar-refractivity contribution in [1.29, 1.82) is 0 Å². The van der Waals surface area contributed by atoms with Gasteiger partial charge in [-0.1, -0.05) is 58.7 Å². The Morgan fingerprint density at radius 2 is 1.66 bits per heavy atom. The zero-order chi connectivity index (χ0) is 24.9. The van der Waals surface area contributed by atoms with Gasteiger partial charge in [0.1, 0.15) is 0 Å². The average Bonchev–Trinajstić information content (AvgIpc) is 3.26. The van der Waals surface area contributed by atoms with E-state index in [0.717, 1.165) is 44.5 Å². The largest absolute Gasteiger partial charge is 0.343 e. The molecule has 4 heteroatoms. The highest BCUT2D eigenvalue weighted by Gasteiger charge is 2.27. The molecule has 1 aliphatic rings. The van der Waals surface area contributed by atoms with Crippen LogP contribution in [-0.4, -0.2) is 33.4 Å². The van der Waals surface area contributed by atoms with Gasteiger partial charge in [0.05, 0.1) is 17.4 Å². The molecule has 35 heavy (non-hydrogen) atoms. The molecule has 4 rings (SSSR count). The zero-order valence-corrected chi connectivity index (χ0v) is 22.4. The standard InChI is InChI=1S/C31H43N3O/c1-6-11-26(12-7-2)34-21-28(25-15-17-33(18-16-25)22(5)35)27-19-29(32-20-30(27)34)31-23(8-3)13-10-14-24(31)9-4/h10,13-14,19-21,25-26H,6-9,11-12,15-18H2,1-5H3. The molecule has 3 heterocycles. The fourth-order valence-corrected chi connectivity index (χ4v) is 6.10. The summed E-state index contributed by atoms with van der Waals surface area (Å²) in [6.07, 6.45) is 13.4. The predicted molar refractivity (Wildman–Crippen MR) is 147 cm³/mol. The number of carbonyl (C=O) groups is 1. The molecule has 0 radical (unpaired) electrons. The third-order valence-electron chi connectivity index (χ3n) is 8.02. The third-order valence-corrected chi connectivity index (χ3v) is 8.02. The third kappa shape index (κ3) is 5.17. The van der Waals surface area contributed by atoms with E-state index in [2.05, 4.69) is 68.9 Å². The summed E-state index contributed by atoms with van der Waals surface area (Å²) in [6, 6.07) is 9.58. The van der Waals surface area contributed by atoms with Crippen LogP contribution in [0, 0.1) is 0 Å². The molecule has 3 aromatic rings. The quantitative estimate of drug-likeness (QED) is 0.319. The molecule has 0 unspecified atom stereocenters. The van der Waals surface area contributed by atoms with E-state index >= 15 is 0 Å². The van der Waals surface area contributed by atoms with Crippen LogP contribution in [0.1, 0.15) is 102 Å². The predicted octanol–water partition coefficient (Wildman–Crippen LogP) is 7.70. The fraction of sp³-hybridized carbons (Fsp3) is 0.548. The smallest absolute Gasteiger partial charge is 0.219 e. The first-order chi connectivity index (χ1) is 17.0. The summed E-state index contributed by atoms with van der Waals surface area (Å²) in [5.41, 5.74) is 7.91. The number of benzene rings is 1. The van der Waals surface area contributed by atoms with Gasteiger partial charge in [-0.3, -0.25) is 9.78 Å². The van der Waals surface area contributed by atoms with E-state index in [1.807, 2.05) is 4.90 Å². The molecule has 1 amide bonds. The number of fused-ring (bicyclic) bond motifs is 1. The van der Waals surface area contributed by atoms with Gasteiger partial charge in [0.15, 0.2) is 0 Å². The molecule has 4 nitrogen and oxygen atoms in total. The van der Waals surface area contributed by atoms with E-state index in [4.69, 9.17) is 4.98 Å². The lowest BCUT2D eigenvalue weighted by Gasteiger charge is -2.31. The number of pyridine rings is 1. The van der Waals surface area contributed by atoms with Crippen LogP contribution in [0.4, 0.5) is 0 Å². The Bertz CT molecular complexity index is 1130. The zero-order valence-electron chi connectivity index (χ0n) is 22.4. The highest BCUT2D eigenvalue weighted by atomic mass is 16.2. The van der Waals surface area contributed by atoms with Crippen molar-refractivity contribution in [1.82, 2.24) is 14.5 Å². The van der Waals surface area contributed by atoms with Crippen molar-refractivity contribution in [2.75, 3.05) is 13.1 Å². The summed E-state index contributed by atoms with van der Waals surface area (Å²) in [5, 5.41) is 1.36. The summed E-state index contributed by atoms with van der Waals surface area (Å²) in [5.74, 6) is 0.687. The summed E-state index contributed by atoms with van der Waals surface area (Å²) in [7, 11) is 0. The van der Waals surface area contributed by atoms with Crippen LogP contribution in [0.2, 0.25) is 0 Å². The molecule has 1 saturated heterocycles. The number of nitrogens with zero attached hydrogens (tertiary/aromatic N) is 3. The first-order valence-corrected chi connectivity index (χ1v) is 13.9. The SMILES string of the molecule is CCCC(CCC)n1cc(C2CCN(C(C)=O)CC2)c2cc(-c3c(CC)cccc3CC)ncc21. The molecular formula is C31H43N3O. The lowest BCUT2D eigenvalue weighted by atomic mass is 9.88. The van der Waals surface area contributed by atoms with Crippen LogP contribution in [0.3, 0.4) is 0 Å². The second-order valence-electron chi connectivity index (χ2n) is 10.2. The van der Waals surface area contributed by atoms with Gasteiger partial charge in [-0.2, -0.15) is 0 Å². The topological polar surface area (TPSA) is 38.1 Å². The minimum Gasteiger partial charge on any atom is -0.343 e. The van der Waals surface area contributed by atoms with E-state index in [1.54, 1.807) is 6.92 Å². The molecule has 0 bridgehead atoms. The molecule has 0 saturated carbocycles. The Labute approximate surface area is 211 Å². The van der Waals surface area contributed by atoms with Gasteiger partial charge in [-0.15, -0.1) is 0 Å². The van der Waals surface area contributed by atoms with Crippen LogP contribution in [0.5, 0.6) is 0 Å². The van der Waals surface area contributed by atoms with Crippen LogP contribution >= 0.6 is 0 Å². The highest BCUT2D eigenvalue weighted by Crippen LogP contribution is 2.39. The number of likely N-dealkylation sites (tertiary alicyclic amines) is 1. The van der Waals surface area contributed by atoms with Crippen LogP contribution in [-0.2, 0) is 17.6 Å². The Kier molecular flexibility index (Phi) is 8.30. The molecular weight excluding hydrogens is 430 g/mol. The molecule has 0 N–H and O–H groups in total. The van der Waals surface area contributed by atoms with Crippen molar-refractivity contribution >= 4 is 16.8 Å². The second kappa shape index (κ2) is 11.4. The number of hydrogen-bond donors (Lipinski definition) is 0. The first kappa shape index (κ1) is 25.5. The molecule has 0 aliphatic carbocycles. The molecule has 1 aliphatic heterocycles. The first-order valence-electron chi connectivity index (χ1n) is 13.9. The van der Waals surface area contributed by atoms with Gasteiger partial charge in [0.2, 0.25) is 5.91 Å². The minimum atomic E-state index is 0.201. The minimum absolute atomic E-state index is 0.201. The number of hydrogen-bond acceptors (Lipinski definition) is 2. The maximum Gasteiger partial charge on any atom is 0.219 e. The summed E-state index contributed by atoms with van der Waals surface area (Å²) in [6.45, 7) is 12.5. The number of carbonyl (C=O) groups excluding carboxylic acids is 1. The van der Waals surface area contributed by atoms with Crippen molar-refractivity contribution in [2.24, 2.45) is 0 Å².